The molecule has 0 unspecified atom stereocenters. The molecule has 3 heteroatoms. The topological polar surface area (TPSA) is 16.4 Å². The molecular formula is C50H31NOS. The molecule has 0 radical (unpaired) electrons. The number of rotatable bonds is 5. The van der Waals surface area contributed by atoms with E-state index in [9.17, 15) is 0 Å². The van der Waals surface area contributed by atoms with Crippen LogP contribution in [-0.4, -0.2) is 0 Å². The normalized spacial score (nSPS) is 11.8. The molecule has 2 aromatic heterocycles. The zero-order valence-electron chi connectivity index (χ0n) is 28.7. The van der Waals surface area contributed by atoms with Crippen molar-refractivity contribution in [3.05, 3.63) is 188 Å². The Morgan fingerprint density at radius 3 is 1.74 bits per heavy atom. The molecule has 0 bridgehead atoms. The Morgan fingerprint density at radius 2 is 1.00 bits per heavy atom. The van der Waals surface area contributed by atoms with Crippen LogP contribution in [0.4, 0.5) is 17.1 Å². The highest BCUT2D eigenvalue weighted by atomic mass is 32.1. The van der Waals surface area contributed by atoms with Gasteiger partial charge in [-0.25, -0.2) is 0 Å². The van der Waals surface area contributed by atoms with E-state index in [0.29, 0.717) is 0 Å². The summed E-state index contributed by atoms with van der Waals surface area (Å²) in [4.78, 5) is 2.40. The lowest BCUT2D eigenvalue weighted by Crippen LogP contribution is -2.10. The van der Waals surface area contributed by atoms with Gasteiger partial charge in [-0.15, -0.1) is 11.3 Å². The molecule has 0 aliphatic heterocycles. The van der Waals surface area contributed by atoms with Crippen molar-refractivity contribution in [1.82, 2.24) is 0 Å². The molecule has 0 atom stereocenters. The summed E-state index contributed by atoms with van der Waals surface area (Å²) in [6, 6.07) is 67.9. The maximum Gasteiger partial charge on any atom is 0.144 e. The number of hydrogen-bond donors (Lipinski definition) is 0. The minimum absolute atomic E-state index is 0.924. The molecule has 248 valence electrons. The maximum atomic E-state index is 6.74. The predicted octanol–water partition coefficient (Wildman–Crippen LogP) is 15.1. The Balaban J connectivity index is 1.09. The number of fused-ring (bicyclic) bond motifs is 9. The van der Waals surface area contributed by atoms with Gasteiger partial charge >= 0.3 is 0 Å². The van der Waals surface area contributed by atoms with Gasteiger partial charge in [0.05, 0.1) is 10.4 Å². The first-order valence-electron chi connectivity index (χ1n) is 18.0. The van der Waals surface area contributed by atoms with Crippen molar-refractivity contribution in [1.29, 1.82) is 0 Å². The molecule has 0 spiro atoms. The van der Waals surface area contributed by atoms with Crippen molar-refractivity contribution < 1.29 is 4.42 Å². The standard InChI is InChI=1S/C50H31NOS/c1-2-9-32(10-3-1)34-19-23-40(24-20-34)51(41-25-21-35(22-26-41)39-18-17-33-11-4-5-12-36(33)29-39)45-16-8-15-43-48-47(53-50(43)45)28-27-42-44-30-37-13-6-7-14-38(37)31-46(44)52-49(42)48/h1-31H. The third-order valence-electron chi connectivity index (χ3n) is 10.6. The van der Waals surface area contributed by atoms with E-state index in [1.54, 1.807) is 0 Å². The fourth-order valence-corrected chi connectivity index (χ4v) is 9.20. The molecule has 0 saturated heterocycles. The number of thiophene rings is 1. The average molecular weight is 694 g/mol. The Labute approximate surface area is 310 Å². The number of nitrogens with zero attached hydrogens (tertiary/aromatic N) is 1. The van der Waals surface area contributed by atoms with E-state index in [2.05, 4.69) is 193 Å². The van der Waals surface area contributed by atoms with Gasteiger partial charge in [-0.3, -0.25) is 0 Å². The van der Waals surface area contributed by atoms with Crippen molar-refractivity contribution in [3.8, 4) is 22.3 Å². The first-order valence-corrected chi connectivity index (χ1v) is 18.8. The number of benzene rings is 9. The summed E-state index contributed by atoms with van der Waals surface area (Å²) in [5.41, 5.74) is 10.0. The van der Waals surface area contributed by atoms with Crippen LogP contribution in [0.3, 0.4) is 0 Å². The first kappa shape index (κ1) is 30.0. The molecule has 9 aromatic carbocycles. The lowest BCUT2D eigenvalue weighted by molar-refractivity contribution is 0.673. The van der Waals surface area contributed by atoms with Gasteiger partial charge in [-0.2, -0.15) is 0 Å². The van der Waals surface area contributed by atoms with Crippen LogP contribution in [0.25, 0.3) is 85.9 Å². The third-order valence-corrected chi connectivity index (χ3v) is 11.8. The third kappa shape index (κ3) is 4.93. The van der Waals surface area contributed by atoms with Crippen molar-refractivity contribution in [3.63, 3.8) is 0 Å². The van der Waals surface area contributed by atoms with Gasteiger partial charge in [-0.05, 0) is 104 Å². The highest BCUT2D eigenvalue weighted by molar-refractivity contribution is 7.26. The van der Waals surface area contributed by atoms with Gasteiger partial charge in [0.15, 0.2) is 0 Å². The van der Waals surface area contributed by atoms with E-state index in [-0.39, 0.29) is 0 Å². The largest absolute Gasteiger partial charge is 0.455 e. The van der Waals surface area contributed by atoms with Gasteiger partial charge in [0.1, 0.15) is 11.2 Å². The van der Waals surface area contributed by atoms with Crippen LogP contribution in [0.5, 0.6) is 0 Å². The van der Waals surface area contributed by atoms with Crippen LogP contribution in [0.2, 0.25) is 0 Å². The molecule has 0 saturated carbocycles. The second-order valence-electron chi connectivity index (χ2n) is 13.7. The Morgan fingerprint density at radius 1 is 0.396 bits per heavy atom. The molecule has 0 amide bonds. The molecule has 53 heavy (non-hydrogen) atoms. The Hall–Kier alpha value is -6.68. The molecular weight excluding hydrogens is 663 g/mol. The lowest BCUT2D eigenvalue weighted by Gasteiger charge is -2.26. The number of anilines is 3. The van der Waals surface area contributed by atoms with E-state index in [1.165, 1.54) is 64.0 Å². The van der Waals surface area contributed by atoms with Crippen LogP contribution in [-0.2, 0) is 0 Å². The maximum absolute atomic E-state index is 6.74. The quantitative estimate of drug-likeness (QED) is 0.178. The fraction of sp³-hybridized carbons (Fsp3) is 0. The van der Waals surface area contributed by atoms with Crippen LogP contribution >= 0.6 is 11.3 Å². The van der Waals surface area contributed by atoms with Crippen LogP contribution < -0.4 is 4.90 Å². The fourth-order valence-electron chi connectivity index (χ4n) is 7.99. The monoisotopic (exact) mass is 693 g/mol. The first-order chi connectivity index (χ1) is 26.2. The molecule has 11 rings (SSSR count). The van der Waals surface area contributed by atoms with E-state index in [1.807, 2.05) is 11.3 Å². The summed E-state index contributed by atoms with van der Waals surface area (Å²) in [5.74, 6) is 0. The van der Waals surface area contributed by atoms with E-state index in [4.69, 9.17) is 4.42 Å². The number of furan rings is 1. The van der Waals surface area contributed by atoms with E-state index in [0.717, 1.165) is 39.0 Å². The summed E-state index contributed by atoms with van der Waals surface area (Å²) < 4.78 is 9.19. The zero-order chi connectivity index (χ0) is 34.9. The van der Waals surface area contributed by atoms with Gasteiger partial charge in [-0.1, -0.05) is 127 Å². The molecule has 0 N–H and O–H groups in total. The highest BCUT2D eigenvalue weighted by Gasteiger charge is 2.21. The minimum atomic E-state index is 0.924. The molecule has 2 heterocycles. The van der Waals surface area contributed by atoms with Crippen molar-refractivity contribution in [2.75, 3.05) is 4.90 Å². The van der Waals surface area contributed by atoms with Gasteiger partial charge in [0.2, 0.25) is 0 Å². The summed E-state index contributed by atoms with van der Waals surface area (Å²) in [5, 5.41) is 9.60. The smallest absolute Gasteiger partial charge is 0.144 e. The summed E-state index contributed by atoms with van der Waals surface area (Å²) in [6.07, 6.45) is 0. The van der Waals surface area contributed by atoms with Gasteiger partial charge < -0.3 is 9.32 Å². The van der Waals surface area contributed by atoms with Crippen LogP contribution in [0, 0.1) is 0 Å². The Bertz CT molecular complexity index is 3150. The average Bonchev–Trinajstić information content (AvgIpc) is 3.79. The molecule has 0 aliphatic carbocycles. The summed E-state index contributed by atoms with van der Waals surface area (Å²) in [6.45, 7) is 0. The second kappa shape index (κ2) is 11.9. The minimum Gasteiger partial charge on any atom is -0.455 e. The molecule has 11 aromatic rings. The molecule has 0 aliphatic rings. The van der Waals surface area contributed by atoms with Crippen LogP contribution in [0.1, 0.15) is 0 Å². The van der Waals surface area contributed by atoms with Gasteiger partial charge in [0, 0.05) is 37.6 Å². The van der Waals surface area contributed by atoms with Crippen molar-refractivity contribution in [2.24, 2.45) is 0 Å². The van der Waals surface area contributed by atoms with Gasteiger partial charge in [0.25, 0.3) is 0 Å². The summed E-state index contributed by atoms with van der Waals surface area (Å²) in [7, 11) is 0. The highest BCUT2D eigenvalue weighted by Crippen LogP contribution is 2.48. The second-order valence-corrected chi connectivity index (χ2v) is 14.8. The van der Waals surface area contributed by atoms with E-state index >= 15 is 0 Å². The van der Waals surface area contributed by atoms with Crippen molar-refractivity contribution in [2.45, 2.75) is 0 Å². The SMILES string of the molecule is c1ccc(-c2ccc(N(c3ccc(-c4ccc5ccccc5c4)cc3)c3cccc4c3sc3ccc5c6cc7ccccc7cc6oc5c34)cc2)cc1. The van der Waals surface area contributed by atoms with Crippen molar-refractivity contribution >= 4 is 92.1 Å². The van der Waals surface area contributed by atoms with E-state index < -0.39 is 0 Å². The van der Waals surface area contributed by atoms with Crippen LogP contribution in [0.15, 0.2) is 192 Å². The predicted molar refractivity (Wildman–Crippen MR) is 227 cm³/mol. The lowest BCUT2D eigenvalue weighted by atomic mass is 10.0. The number of hydrogen-bond acceptors (Lipinski definition) is 3. The molecule has 0 fully saturated rings. The Kier molecular flexibility index (Phi) is 6.76. The zero-order valence-corrected chi connectivity index (χ0v) is 29.5. The summed E-state index contributed by atoms with van der Waals surface area (Å²) >= 11 is 1.83. The molecule has 2 nitrogen and oxygen atoms in total.